The Bertz CT molecular complexity index is 423. The Morgan fingerprint density at radius 3 is 3.12 bits per heavy atom. The van der Waals surface area contributed by atoms with Gasteiger partial charge >= 0.3 is 5.97 Å². The molecule has 5 nitrogen and oxygen atoms in total. The van der Waals surface area contributed by atoms with Gasteiger partial charge in [0.2, 0.25) is 5.82 Å². The fourth-order valence-electron chi connectivity index (χ4n) is 1.59. The van der Waals surface area contributed by atoms with Crippen LogP contribution in [-0.4, -0.2) is 29.1 Å². The van der Waals surface area contributed by atoms with Crippen LogP contribution >= 0.6 is 11.6 Å². The van der Waals surface area contributed by atoms with Crippen molar-refractivity contribution in [2.45, 2.75) is 19.9 Å². The molecular weight excluding hydrogens is 230 g/mol. The number of carbonyl (C=O) groups excluding carboxylic acids is 1. The van der Waals surface area contributed by atoms with Gasteiger partial charge in [-0.15, -0.1) is 0 Å². The number of hydrogen-bond donors (Lipinski definition) is 1. The first-order valence-corrected chi connectivity index (χ1v) is 5.53. The van der Waals surface area contributed by atoms with E-state index in [0.717, 1.165) is 24.2 Å². The number of carbonyl (C=O) groups is 1. The summed E-state index contributed by atoms with van der Waals surface area (Å²) in [5.74, 6) is -0.474. The van der Waals surface area contributed by atoms with E-state index >= 15 is 0 Å². The molecule has 1 aromatic heterocycles. The van der Waals surface area contributed by atoms with Gasteiger partial charge in [0.25, 0.3) is 0 Å². The van der Waals surface area contributed by atoms with Crippen molar-refractivity contribution in [3.63, 3.8) is 0 Å². The molecule has 86 valence electrons. The predicted octanol–water partition coefficient (Wildman–Crippen LogP) is 0.952. The van der Waals surface area contributed by atoms with Gasteiger partial charge in [0.15, 0.2) is 0 Å². The summed E-state index contributed by atoms with van der Waals surface area (Å²) in [5, 5.41) is 3.51. The molecule has 2 rings (SSSR count). The fourth-order valence-corrected chi connectivity index (χ4v) is 1.84. The lowest BCUT2D eigenvalue weighted by Crippen LogP contribution is -2.26. The van der Waals surface area contributed by atoms with Gasteiger partial charge in [0.05, 0.1) is 12.3 Å². The maximum atomic E-state index is 11.5. The van der Waals surface area contributed by atoms with Gasteiger partial charge in [-0.1, -0.05) is 11.6 Å². The van der Waals surface area contributed by atoms with Gasteiger partial charge < -0.3 is 10.1 Å². The summed E-state index contributed by atoms with van der Waals surface area (Å²) in [5.41, 5.74) is 1.71. The van der Waals surface area contributed by atoms with Crippen molar-refractivity contribution >= 4 is 17.6 Å². The predicted molar refractivity (Wildman–Crippen MR) is 58.4 cm³/mol. The van der Waals surface area contributed by atoms with E-state index < -0.39 is 5.97 Å². The molecule has 6 heteroatoms. The molecule has 0 aliphatic carbocycles. The zero-order chi connectivity index (χ0) is 11.5. The molecule has 0 bridgehead atoms. The summed E-state index contributed by atoms with van der Waals surface area (Å²) in [6.07, 6.45) is 0.754. The van der Waals surface area contributed by atoms with Gasteiger partial charge in [-0.25, -0.2) is 14.8 Å². The second kappa shape index (κ2) is 4.76. The van der Waals surface area contributed by atoms with Crippen LogP contribution in [-0.2, 0) is 17.7 Å². The quantitative estimate of drug-likeness (QED) is 0.617. The Morgan fingerprint density at radius 1 is 1.56 bits per heavy atom. The summed E-state index contributed by atoms with van der Waals surface area (Å²) in [6.45, 7) is 3.53. The van der Waals surface area contributed by atoms with Crippen molar-refractivity contribution in [3.8, 4) is 0 Å². The average molecular weight is 242 g/mol. The second-order valence-corrected chi connectivity index (χ2v) is 3.77. The Kier molecular flexibility index (Phi) is 3.36. The number of nitrogens with zero attached hydrogens (tertiary/aromatic N) is 2. The lowest BCUT2D eigenvalue weighted by atomic mass is 10.1. The summed E-state index contributed by atoms with van der Waals surface area (Å²) >= 11 is 5.99. The van der Waals surface area contributed by atoms with Crippen LogP contribution in [0.4, 0.5) is 0 Å². The summed E-state index contributed by atoms with van der Waals surface area (Å²) in [7, 11) is 0. The van der Waals surface area contributed by atoms with Crippen molar-refractivity contribution in [2.75, 3.05) is 13.2 Å². The SMILES string of the molecule is CCOC(=O)c1nc(Cl)c2c(n1)CCNC2. The molecular formula is C10H12ClN3O2. The highest BCUT2D eigenvalue weighted by atomic mass is 35.5. The summed E-state index contributed by atoms with van der Waals surface area (Å²) in [4.78, 5) is 19.6. The molecule has 2 heterocycles. The molecule has 1 aromatic rings. The number of rotatable bonds is 2. The number of nitrogens with one attached hydrogen (secondary N) is 1. The molecule has 0 aromatic carbocycles. The van der Waals surface area contributed by atoms with Crippen LogP contribution in [0.3, 0.4) is 0 Å². The van der Waals surface area contributed by atoms with Crippen molar-refractivity contribution < 1.29 is 9.53 Å². The van der Waals surface area contributed by atoms with Crippen molar-refractivity contribution in [2.24, 2.45) is 0 Å². The molecule has 1 aliphatic heterocycles. The number of esters is 1. The molecule has 0 fully saturated rings. The highest BCUT2D eigenvalue weighted by Gasteiger charge is 2.19. The third-order valence-electron chi connectivity index (χ3n) is 2.34. The van der Waals surface area contributed by atoms with E-state index in [1.54, 1.807) is 6.92 Å². The second-order valence-electron chi connectivity index (χ2n) is 3.41. The zero-order valence-corrected chi connectivity index (χ0v) is 9.67. The average Bonchev–Trinajstić information content (AvgIpc) is 2.29. The van der Waals surface area contributed by atoms with Gasteiger partial charge in [0.1, 0.15) is 5.15 Å². The van der Waals surface area contributed by atoms with Crippen molar-refractivity contribution in [1.82, 2.24) is 15.3 Å². The van der Waals surface area contributed by atoms with Crippen LogP contribution in [0.25, 0.3) is 0 Å². The van der Waals surface area contributed by atoms with Crippen LogP contribution in [0, 0.1) is 0 Å². The lowest BCUT2D eigenvalue weighted by Gasteiger charge is -2.17. The van der Waals surface area contributed by atoms with E-state index in [1.165, 1.54) is 0 Å². The molecule has 0 atom stereocenters. The van der Waals surface area contributed by atoms with E-state index in [9.17, 15) is 4.79 Å². The van der Waals surface area contributed by atoms with Crippen molar-refractivity contribution in [3.05, 3.63) is 22.2 Å². The maximum Gasteiger partial charge on any atom is 0.376 e. The Hall–Kier alpha value is -1.20. The molecule has 0 spiro atoms. The fraction of sp³-hybridized carbons (Fsp3) is 0.500. The Morgan fingerprint density at radius 2 is 2.38 bits per heavy atom. The minimum atomic E-state index is -0.522. The number of aromatic nitrogens is 2. The molecule has 1 aliphatic rings. The van der Waals surface area contributed by atoms with E-state index in [0.29, 0.717) is 18.3 Å². The molecule has 0 saturated heterocycles. The Labute approximate surface area is 98.2 Å². The van der Waals surface area contributed by atoms with E-state index in [1.807, 2.05) is 0 Å². The first kappa shape index (κ1) is 11.3. The van der Waals surface area contributed by atoms with Crippen LogP contribution in [0.15, 0.2) is 0 Å². The minimum Gasteiger partial charge on any atom is -0.460 e. The molecule has 0 amide bonds. The largest absolute Gasteiger partial charge is 0.460 e. The third-order valence-corrected chi connectivity index (χ3v) is 2.65. The van der Waals surface area contributed by atoms with E-state index in [2.05, 4.69) is 15.3 Å². The summed E-state index contributed by atoms with van der Waals surface area (Å²) < 4.78 is 4.84. The third kappa shape index (κ3) is 2.15. The zero-order valence-electron chi connectivity index (χ0n) is 8.92. The smallest absolute Gasteiger partial charge is 0.376 e. The minimum absolute atomic E-state index is 0.0486. The Balaban J connectivity index is 2.35. The number of ether oxygens (including phenoxy) is 1. The molecule has 1 N–H and O–H groups in total. The standard InChI is InChI=1S/C10H12ClN3O2/c1-2-16-10(15)9-13-7-3-4-12-5-6(7)8(11)14-9/h12H,2-5H2,1H3. The highest BCUT2D eigenvalue weighted by Crippen LogP contribution is 2.19. The molecule has 0 unspecified atom stereocenters. The number of fused-ring (bicyclic) bond motifs is 1. The van der Waals surface area contributed by atoms with E-state index in [4.69, 9.17) is 16.3 Å². The molecule has 16 heavy (non-hydrogen) atoms. The van der Waals surface area contributed by atoms with Gasteiger partial charge in [-0.05, 0) is 6.92 Å². The van der Waals surface area contributed by atoms with Crippen molar-refractivity contribution in [1.29, 1.82) is 0 Å². The first-order valence-electron chi connectivity index (χ1n) is 5.15. The van der Waals surface area contributed by atoms with Crippen LogP contribution in [0.2, 0.25) is 5.15 Å². The monoisotopic (exact) mass is 241 g/mol. The van der Waals surface area contributed by atoms with Gasteiger partial charge in [-0.2, -0.15) is 0 Å². The van der Waals surface area contributed by atoms with Crippen LogP contribution in [0.1, 0.15) is 28.8 Å². The van der Waals surface area contributed by atoms with Crippen LogP contribution in [0.5, 0.6) is 0 Å². The number of halogens is 1. The van der Waals surface area contributed by atoms with E-state index in [-0.39, 0.29) is 5.82 Å². The molecule has 0 radical (unpaired) electrons. The van der Waals surface area contributed by atoms with Crippen LogP contribution < -0.4 is 5.32 Å². The lowest BCUT2D eigenvalue weighted by molar-refractivity contribution is 0.0511. The molecule has 0 saturated carbocycles. The van der Waals surface area contributed by atoms with Gasteiger partial charge in [-0.3, -0.25) is 0 Å². The van der Waals surface area contributed by atoms with Gasteiger partial charge in [0, 0.05) is 25.1 Å². The maximum absolute atomic E-state index is 11.5. The highest BCUT2D eigenvalue weighted by molar-refractivity contribution is 6.30. The normalized spacial score (nSPS) is 14.4. The number of hydrogen-bond acceptors (Lipinski definition) is 5. The summed E-state index contributed by atoms with van der Waals surface area (Å²) in [6, 6.07) is 0. The topological polar surface area (TPSA) is 64.1 Å². The first-order chi connectivity index (χ1) is 7.72.